The predicted octanol–water partition coefficient (Wildman–Crippen LogP) is 2.17. The van der Waals surface area contributed by atoms with Crippen molar-refractivity contribution in [2.75, 3.05) is 6.54 Å². The summed E-state index contributed by atoms with van der Waals surface area (Å²) in [4.78, 5) is 26.7. The number of fused-ring (bicyclic) bond motifs is 2. The van der Waals surface area contributed by atoms with Crippen LogP contribution in [-0.4, -0.2) is 35.5 Å². The molecule has 3 aliphatic rings. The number of likely N-dealkylation sites (tertiary alicyclic amines) is 1. The van der Waals surface area contributed by atoms with Crippen molar-refractivity contribution < 1.29 is 14.3 Å². The van der Waals surface area contributed by atoms with Crippen LogP contribution in [0.2, 0.25) is 0 Å². The summed E-state index contributed by atoms with van der Waals surface area (Å²) in [7, 11) is 0. The van der Waals surface area contributed by atoms with Crippen molar-refractivity contribution in [1.82, 2.24) is 4.90 Å². The van der Waals surface area contributed by atoms with Gasteiger partial charge >= 0.3 is 5.97 Å². The largest absolute Gasteiger partial charge is 0.462 e. The highest BCUT2D eigenvalue weighted by atomic mass is 16.6. The fraction of sp³-hybridized carbons (Fsp3) is 0.556. The molecule has 1 aromatic rings. The molecule has 1 aliphatic carbocycles. The number of hydrogen-bond acceptors (Lipinski definition) is 3. The van der Waals surface area contributed by atoms with E-state index in [0.29, 0.717) is 0 Å². The van der Waals surface area contributed by atoms with Crippen LogP contribution in [0.4, 0.5) is 0 Å². The van der Waals surface area contributed by atoms with Crippen LogP contribution < -0.4 is 0 Å². The minimum Gasteiger partial charge on any atom is -0.462 e. The Bertz CT molecular complexity index is 585. The Hall–Kier alpha value is -1.84. The highest BCUT2D eigenvalue weighted by Crippen LogP contribution is 2.39. The third-order valence-electron chi connectivity index (χ3n) is 5.43. The monoisotopic (exact) mass is 299 g/mol. The molecule has 4 heteroatoms. The van der Waals surface area contributed by atoms with E-state index in [0.717, 1.165) is 38.6 Å². The van der Waals surface area contributed by atoms with Gasteiger partial charge in [-0.3, -0.25) is 9.59 Å². The van der Waals surface area contributed by atoms with E-state index in [1.165, 1.54) is 5.56 Å². The van der Waals surface area contributed by atoms with E-state index < -0.39 is 0 Å². The summed E-state index contributed by atoms with van der Waals surface area (Å²) >= 11 is 0. The Labute approximate surface area is 130 Å². The summed E-state index contributed by atoms with van der Waals surface area (Å²) in [5.41, 5.74) is 1.21. The lowest BCUT2D eigenvalue weighted by Gasteiger charge is -2.33. The van der Waals surface area contributed by atoms with Gasteiger partial charge in [0.1, 0.15) is 6.10 Å². The standard InChI is InChI=1S/C18H21NO3/c20-17-13(10-12-4-2-1-3-5-12)8-9-19(17)16-7-6-14-11-15(16)18(21)22-14/h1-5,13-16H,6-11H2/t13-,14-,15-,16+/m1/s1. The molecule has 4 nitrogen and oxygen atoms in total. The Morgan fingerprint density at radius 1 is 1.09 bits per heavy atom. The smallest absolute Gasteiger partial charge is 0.311 e. The van der Waals surface area contributed by atoms with Gasteiger partial charge in [0.05, 0.1) is 5.92 Å². The van der Waals surface area contributed by atoms with Gasteiger partial charge in [0.25, 0.3) is 0 Å². The number of hydrogen-bond donors (Lipinski definition) is 0. The summed E-state index contributed by atoms with van der Waals surface area (Å²) < 4.78 is 5.36. The molecule has 22 heavy (non-hydrogen) atoms. The molecule has 1 amide bonds. The van der Waals surface area contributed by atoms with E-state index in [2.05, 4.69) is 12.1 Å². The van der Waals surface area contributed by atoms with Gasteiger partial charge in [-0.2, -0.15) is 0 Å². The van der Waals surface area contributed by atoms with Crippen molar-refractivity contribution in [2.45, 2.75) is 44.2 Å². The second-order valence-corrected chi connectivity index (χ2v) is 6.75. The first kappa shape index (κ1) is 13.8. The molecular weight excluding hydrogens is 278 g/mol. The van der Waals surface area contributed by atoms with E-state index in [1.807, 2.05) is 23.1 Å². The normalized spacial score (nSPS) is 34.1. The number of benzene rings is 1. The van der Waals surface area contributed by atoms with Crippen LogP contribution in [0.3, 0.4) is 0 Å². The van der Waals surface area contributed by atoms with E-state index in [4.69, 9.17) is 4.74 Å². The van der Waals surface area contributed by atoms with Crippen LogP contribution >= 0.6 is 0 Å². The quantitative estimate of drug-likeness (QED) is 0.804. The van der Waals surface area contributed by atoms with Crippen molar-refractivity contribution in [1.29, 1.82) is 0 Å². The van der Waals surface area contributed by atoms with E-state index in [9.17, 15) is 9.59 Å². The third-order valence-corrected chi connectivity index (χ3v) is 5.43. The van der Waals surface area contributed by atoms with Crippen LogP contribution in [0.5, 0.6) is 0 Å². The summed E-state index contributed by atoms with van der Waals surface area (Å²) in [6.45, 7) is 0.787. The fourth-order valence-corrected chi connectivity index (χ4v) is 4.28. The summed E-state index contributed by atoms with van der Waals surface area (Å²) in [5, 5.41) is 0. The van der Waals surface area contributed by atoms with E-state index in [-0.39, 0.29) is 35.9 Å². The van der Waals surface area contributed by atoms with Crippen molar-refractivity contribution in [3.8, 4) is 0 Å². The molecule has 0 N–H and O–H groups in total. The highest BCUT2D eigenvalue weighted by molar-refractivity contribution is 5.83. The lowest BCUT2D eigenvalue weighted by atomic mass is 9.84. The number of carbonyl (C=O) groups excluding carboxylic acids is 2. The molecule has 3 fully saturated rings. The molecule has 1 aromatic carbocycles. The summed E-state index contributed by atoms with van der Waals surface area (Å²) in [6, 6.07) is 10.3. The average Bonchev–Trinajstić information content (AvgIpc) is 3.03. The maximum atomic E-state index is 12.8. The van der Waals surface area contributed by atoms with Gasteiger partial charge in [-0.1, -0.05) is 30.3 Å². The second kappa shape index (κ2) is 5.41. The molecule has 116 valence electrons. The van der Waals surface area contributed by atoms with Crippen LogP contribution in [0, 0.1) is 11.8 Å². The maximum absolute atomic E-state index is 12.8. The minimum atomic E-state index is -0.0909. The molecule has 0 aromatic heterocycles. The maximum Gasteiger partial charge on any atom is 0.311 e. The van der Waals surface area contributed by atoms with Gasteiger partial charge < -0.3 is 9.64 Å². The molecule has 0 spiro atoms. The number of esters is 1. The van der Waals surface area contributed by atoms with E-state index >= 15 is 0 Å². The third kappa shape index (κ3) is 2.31. The van der Waals surface area contributed by atoms with Gasteiger partial charge in [0.2, 0.25) is 5.91 Å². The van der Waals surface area contributed by atoms with Gasteiger partial charge in [0.15, 0.2) is 0 Å². The van der Waals surface area contributed by atoms with Crippen LogP contribution in [0.15, 0.2) is 30.3 Å². The zero-order valence-electron chi connectivity index (χ0n) is 12.6. The lowest BCUT2D eigenvalue weighted by molar-refractivity contribution is -0.145. The fourth-order valence-electron chi connectivity index (χ4n) is 4.28. The molecule has 1 saturated carbocycles. The van der Waals surface area contributed by atoms with Crippen molar-refractivity contribution in [3.63, 3.8) is 0 Å². The first-order chi connectivity index (χ1) is 10.7. The number of rotatable bonds is 3. The number of carbonyl (C=O) groups is 2. The van der Waals surface area contributed by atoms with Crippen LogP contribution in [0.1, 0.15) is 31.2 Å². The van der Waals surface area contributed by atoms with Gasteiger partial charge in [-0.25, -0.2) is 0 Å². The van der Waals surface area contributed by atoms with Crippen molar-refractivity contribution >= 4 is 11.9 Å². The molecular formula is C18H21NO3. The Kier molecular flexibility index (Phi) is 3.40. The van der Waals surface area contributed by atoms with Crippen LogP contribution in [0.25, 0.3) is 0 Å². The second-order valence-electron chi connectivity index (χ2n) is 6.75. The first-order valence-corrected chi connectivity index (χ1v) is 8.27. The Morgan fingerprint density at radius 2 is 1.91 bits per heavy atom. The number of nitrogens with zero attached hydrogens (tertiary/aromatic N) is 1. The summed E-state index contributed by atoms with van der Waals surface area (Å²) in [5.74, 6) is 0.120. The highest BCUT2D eigenvalue weighted by Gasteiger charge is 2.49. The Morgan fingerprint density at radius 3 is 2.73 bits per heavy atom. The molecule has 0 radical (unpaired) electrons. The molecule has 2 aliphatic heterocycles. The molecule has 2 saturated heterocycles. The van der Waals surface area contributed by atoms with Crippen LogP contribution in [-0.2, 0) is 20.7 Å². The number of amides is 1. The molecule has 4 rings (SSSR count). The Balaban J connectivity index is 1.46. The zero-order valence-corrected chi connectivity index (χ0v) is 12.6. The predicted molar refractivity (Wildman–Crippen MR) is 81.0 cm³/mol. The van der Waals surface area contributed by atoms with E-state index in [1.54, 1.807) is 0 Å². The molecule has 2 bridgehead atoms. The van der Waals surface area contributed by atoms with Crippen molar-refractivity contribution in [3.05, 3.63) is 35.9 Å². The summed E-state index contributed by atoms with van der Waals surface area (Å²) in [6.07, 6.45) is 4.42. The zero-order chi connectivity index (χ0) is 15.1. The van der Waals surface area contributed by atoms with Crippen molar-refractivity contribution in [2.24, 2.45) is 11.8 Å². The lowest BCUT2D eigenvalue weighted by Crippen LogP contribution is -2.45. The average molecular weight is 299 g/mol. The topological polar surface area (TPSA) is 46.6 Å². The van der Waals surface area contributed by atoms with Gasteiger partial charge in [-0.15, -0.1) is 0 Å². The first-order valence-electron chi connectivity index (χ1n) is 8.27. The minimum absolute atomic E-state index is 0.0672. The van der Waals surface area contributed by atoms with Gasteiger partial charge in [-0.05, 0) is 37.7 Å². The number of ether oxygens (including phenoxy) is 1. The molecule has 4 atom stereocenters. The van der Waals surface area contributed by atoms with Gasteiger partial charge in [0, 0.05) is 18.5 Å². The molecule has 2 heterocycles. The molecule has 0 unspecified atom stereocenters. The SMILES string of the molecule is O=C1O[C@@H]2CC[C@H](N3CC[C@H](Cc4ccccc4)C3=O)[C@H]1C2.